The molecule has 1 aliphatic heterocycles. The highest BCUT2D eigenvalue weighted by Crippen LogP contribution is 2.37. The number of allylic oxidation sites excluding steroid dienone is 2. The third kappa shape index (κ3) is 5.48. The molecule has 2 aliphatic rings. The van der Waals surface area contributed by atoms with Crippen molar-refractivity contribution in [3.63, 3.8) is 0 Å². The van der Waals surface area contributed by atoms with Crippen molar-refractivity contribution >= 4 is 21.5 Å². The van der Waals surface area contributed by atoms with Crippen LogP contribution in [0, 0.1) is 5.92 Å². The van der Waals surface area contributed by atoms with Gasteiger partial charge in [0.25, 0.3) is 5.91 Å². The third-order valence-electron chi connectivity index (χ3n) is 7.06. The van der Waals surface area contributed by atoms with E-state index in [-0.39, 0.29) is 42.2 Å². The van der Waals surface area contributed by atoms with Crippen LogP contribution in [-0.2, 0) is 10.0 Å². The van der Waals surface area contributed by atoms with Crippen LogP contribution in [0.5, 0.6) is 5.75 Å². The third-order valence-corrected chi connectivity index (χ3v) is 9.08. The molecule has 0 spiro atoms. The van der Waals surface area contributed by atoms with Crippen LogP contribution in [0.25, 0.3) is 5.57 Å². The molecular formula is C27H35N3O5S. The number of amides is 1. The summed E-state index contributed by atoms with van der Waals surface area (Å²) in [6.07, 6.45) is 9.12. The number of fused-ring (bicyclic) bond motifs is 1. The summed E-state index contributed by atoms with van der Waals surface area (Å²) in [4.78, 5) is 18.7. The largest absolute Gasteiger partial charge is 0.487 e. The van der Waals surface area contributed by atoms with Gasteiger partial charge in [0.1, 0.15) is 16.7 Å². The van der Waals surface area contributed by atoms with Crippen LogP contribution in [0.1, 0.15) is 55.5 Å². The van der Waals surface area contributed by atoms with Crippen LogP contribution >= 0.6 is 0 Å². The number of hydrogen-bond donors (Lipinski definition) is 1. The second kappa shape index (κ2) is 11.1. The number of likely N-dealkylation sites (N-methyl/N-ethyl adjacent to an activating group) is 1. The lowest BCUT2D eigenvalue weighted by Crippen LogP contribution is -2.50. The average molecular weight is 514 g/mol. The summed E-state index contributed by atoms with van der Waals surface area (Å²) in [5.74, 6) is -0.118. The van der Waals surface area contributed by atoms with E-state index in [2.05, 4.69) is 11.1 Å². The second-order valence-corrected chi connectivity index (χ2v) is 11.7. The first-order valence-electron chi connectivity index (χ1n) is 12.5. The monoisotopic (exact) mass is 513 g/mol. The maximum atomic E-state index is 13.7. The van der Waals surface area contributed by atoms with Gasteiger partial charge in [0, 0.05) is 43.5 Å². The summed E-state index contributed by atoms with van der Waals surface area (Å²) < 4.78 is 35.2. The Morgan fingerprint density at radius 1 is 1.25 bits per heavy atom. The fraction of sp³-hybridized carbons (Fsp3) is 0.481. The van der Waals surface area contributed by atoms with Gasteiger partial charge in [-0.25, -0.2) is 8.42 Å². The molecule has 4 rings (SSSR count). The summed E-state index contributed by atoms with van der Waals surface area (Å²) in [7, 11) is -2.19. The van der Waals surface area contributed by atoms with Crippen molar-refractivity contribution in [2.75, 3.05) is 26.7 Å². The molecule has 2 aromatic rings. The van der Waals surface area contributed by atoms with Crippen molar-refractivity contribution in [2.45, 2.75) is 56.6 Å². The fourth-order valence-corrected chi connectivity index (χ4v) is 6.64. The molecule has 3 atom stereocenters. The number of sulfonamides is 1. The number of benzene rings is 1. The summed E-state index contributed by atoms with van der Waals surface area (Å²) in [5, 5.41) is 9.84. The molecule has 0 radical (unpaired) electrons. The van der Waals surface area contributed by atoms with Gasteiger partial charge < -0.3 is 14.7 Å². The Morgan fingerprint density at radius 3 is 2.67 bits per heavy atom. The number of ether oxygens (including phenoxy) is 1. The molecule has 1 N–H and O–H groups in total. The topological polar surface area (TPSA) is 100 Å². The number of nitrogens with zero attached hydrogens (tertiary/aromatic N) is 3. The van der Waals surface area contributed by atoms with E-state index in [1.165, 1.54) is 9.88 Å². The number of carbonyl (C=O) groups is 1. The van der Waals surface area contributed by atoms with E-state index >= 15 is 0 Å². The van der Waals surface area contributed by atoms with Crippen molar-refractivity contribution in [3.8, 4) is 5.75 Å². The first kappa shape index (κ1) is 26.3. The minimum atomic E-state index is -3.90. The molecule has 1 amide bonds. The Kier molecular flexibility index (Phi) is 8.12. The molecule has 1 aromatic heterocycles. The lowest BCUT2D eigenvalue weighted by atomic mass is 9.93. The average Bonchev–Trinajstić information content (AvgIpc) is 2.90. The van der Waals surface area contributed by atoms with E-state index in [0.29, 0.717) is 5.56 Å². The Labute approximate surface area is 213 Å². The number of carbonyl (C=O) groups excluding carboxylic acids is 1. The smallest absolute Gasteiger partial charge is 0.253 e. The zero-order valence-electron chi connectivity index (χ0n) is 21.1. The normalized spacial score (nSPS) is 22.8. The fourth-order valence-electron chi connectivity index (χ4n) is 4.81. The van der Waals surface area contributed by atoms with Gasteiger partial charge in [0.05, 0.1) is 13.2 Å². The van der Waals surface area contributed by atoms with E-state index in [1.54, 1.807) is 49.5 Å². The predicted octanol–water partition coefficient (Wildman–Crippen LogP) is 3.58. The number of aliphatic hydroxyl groups excluding tert-OH is 1. The molecule has 0 bridgehead atoms. The van der Waals surface area contributed by atoms with Crippen molar-refractivity contribution in [1.82, 2.24) is 14.2 Å². The predicted molar refractivity (Wildman–Crippen MR) is 138 cm³/mol. The van der Waals surface area contributed by atoms with Crippen molar-refractivity contribution in [3.05, 3.63) is 59.9 Å². The SMILES string of the molecule is C[C@@H]1CN([C@@H](C)CO)S(=O)(=O)c2ccc(C3=CCCCC3)cc2O[C@H]1CN(C)C(=O)c1ccncc1. The molecule has 0 saturated carbocycles. The van der Waals surface area contributed by atoms with Gasteiger partial charge in [-0.15, -0.1) is 0 Å². The highest BCUT2D eigenvalue weighted by atomic mass is 32.2. The molecular weight excluding hydrogens is 478 g/mol. The van der Waals surface area contributed by atoms with Gasteiger partial charge in [-0.1, -0.05) is 19.1 Å². The standard InChI is InChI=1S/C27H35N3O5S/c1-19-16-30(20(2)18-31)36(33,34)26-10-9-23(21-7-5-4-6-8-21)15-24(26)35-25(19)17-29(3)27(32)22-11-13-28-14-12-22/h7,9-15,19-20,25,31H,4-6,8,16-18H2,1-3H3/t19-,20+,25+/m1/s1. The number of pyridine rings is 1. The van der Waals surface area contributed by atoms with E-state index in [1.807, 2.05) is 19.1 Å². The molecule has 9 heteroatoms. The van der Waals surface area contributed by atoms with Gasteiger partial charge in [0.15, 0.2) is 0 Å². The summed E-state index contributed by atoms with van der Waals surface area (Å²) in [6.45, 7) is 3.76. The maximum Gasteiger partial charge on any atom is 0.253 e. The van der Waals surface area contributed by atoms with Crippen molar-refractivity contribution in [1.29, 1.82) is 0 Å². The van der Waals surface area contributed by atoms with Gasteiger partial charge in [-0.3, -0.25) is 9.78 Å². The lowest BCUT2D eigenvalue weighted by molar-refractivity contribution is 0.0563. The summed E-state index contributed by atoms with van der Waals surface area (Å²) in [5.41, 5.74) is 2.68. The summed E-state index contributed by atoms with van der Waals surface area (Å²) >= 11 is 0. The molecule has 1 aromatic carbocycles. The number of aliphatic hydroxyl groups is 1. The second-order valence-electron chi connectivity index (χ2n) is 9.80. The van der Waals surface area contributed by atoms with Crippen LogP contribution in [0.3, 0.4) is 0 Å². The van der Waals surface area contributed by atoms with Crippen LogP contribution in [0.2, 0.25) is 0 Å². The first-order valence-corrected chi connectivity index (χ1v) is 13.9. The Bertz CT molecular complexity index is 1220. The van der Waals surface area contributed by atoms with Crippen LogP contribution in [0.15, 0.2) is 53.7 Å². The highest BCUT2D eigenvalue weighted by Gasteiger charge is 2.38. The maximum absolute atomic E-state index is 13.7. The van der Waals surface area contributed by atoms with Crippen LogP contribution in [0.4, 0.5) is 0 Å². The highest BCUT2D eigenvalue weighted by molar-refractivity contribution is 7.89. The number of rotatable bonds is 6. The van der Waals surface area contributed by atoms with E-state index in [0.717, 1.165) is 31.2 Å². The van der Waals surface area contributed by atoms with E-state index in [4.69, 9.17) is 4.74 Å². The van der Waals surface area contributed by atoms with Crippen LogP contribution < -0.4 is 4.74 Å². The Balaban J connectivity index is 1.72. The molecule has 194 valence electrons. The van der Waals surface area contributed by atoms with Gasteiger partial charge in [-0.05, 0) is 68.0 Å². The lowest BCUT2D eigenvalue weighted by Gasteiger charge is -2.37. The van der Waals surface area contributed by atoms with Gasteiger partial charge in [-0.2, -0.15) is 4.31 Å². The summed E-state index contributed by atoms with van der Waals surface area (Å²) in [6, 6.07) is 8.02. The van der Waals surface area contributed by atoms with Crippen molar-refractivity contribution < 1.29 is 23.1 Å². The molecule has 1 aliphatic carbocycles. The Hall–Kier alpha value is -2.75. The van der Waals surface area contributed by atoms with Gasteiger partial charge >= 0.3 is 0 Å². The van der Waals surface area contributed by atoms with E-state index < -0.39 is 22.2 Å². The Morgan fingerprint density at radius 2 is 2.00 bits per heavy atom. The molecule has 0 unspecified atom stereocenters. The molecule has 8 nitrogen and oxygen atoms in total. The molecule has 0 fully saturated rings. The molecule has 0 saturated heterocycles. The minimum Gasteiger partial charge on any atom is -0.487 e. The minimum absolute atomic E-state index is 0.0861. The van der Waals surface area contributed by atoms with E-state index in [9.17, 15) is 18.3 Å². The molecule has 2 heterocycles. The zero-order valence-corrected chi connectivity index (χ0v) is 21.9. The van der Waals surface area contributed by atoms with Gasteiger partial charge in [0.2, 0.25) is 10.0 Å². The number of aromatic nitrogens is 1. The number of hydrogen-bond acceptors (Lipinski definition) is 6. The zero-order chi connectivity index (χ0) is 25.9. The van der Waals surface area contributed by atoms with Crippen LogP contribution in [-0.4, -0.2) is 72.5 Å². The quantitative estimate of drug-likeness (QED) is 0.634. The molecule has 36 heavy (non-hydrogen) atoms. The first-order chi connectivity index (χ1) is 17.2. The van der Waals surface area contributed by atoms with Crippen molar-refractivity contribution in [2.24, 2.45) is 5.92 Å².